The highest BCUT2D eigenvalue weighted by Gasteiger charge is 1.98. The molecular formula is C17H40N2O3. The van der Waals surface area contributed by atoms with Gasteiger partial charge in [-0.1, -0.05) is 40.3 Å². The molecule has 0 amide bonds. The van der Waals surface area contributed by atoms with Crippen LogP contribution in [0.2, 0.25) is 0 Å². The number of hydrogen-bond acceptors (Lipinski definition) is 5. The number of rotatable bonds is 5. The Morgan fingerprint density at radius 2 is 1.18 bits per heavy atom. The number of hydrogen-bond donors (Lipinski definition) is 1. The fourth-order valence-corrected chi connectivity index (χ4v) is 0.294. The molecule has 0 bridgehead atoms. The lowest BCUT2D eigenvalue weighted by Gasteiger charge is -2.05. The maximum absolute atomic E-state index is 10.1. The van der Waals surface area contributed by atoms with Crippen LogP contribution in [0.5, 0.6) is 0 Å². The number of nitrogens with zero attached hydrogens (tertiary/aromatic N) is 1. The van der Waals surface area contributed by atoms with Crippen LogP contribution in [0.3, 0.4) is 0 Å². The van der Waals surface area contributed by atoms with E-state index in [1.165, 1.54) is 0 Å². The molecule has 0 spiro atoms. The van der Waals surface area contributed by atoms with Crippen LogP contribution < -0.4 is 5.90 Å². The van der Waals surface area contributed by atoms with Crippen molar-refractivity contribution in [2.75, 3.05) is 0 Å². The Morgan fingerprint density at radius 1 is 0.864 bits per heavy atom. The first kappa shape index (κ1) is 29.1. The zero-order valence-electron chi connectivity index (χ0n) is 15.6. The van der Waals surface area contributed by atoms with Crippen molar-refractivity contribution in [1.29, 1.82) is 0 Å². The fourth-order valence-electron chi connectivity index (χ4n) is 0.294. The summed E-state index contributed by atoms with van der Waals surface area (Å²) in [6.45, 7) is 19.3. The molecule has 0 atom stereocenters. The van der Waals surface area contributed by atoms with E-state index in [0.29, 0.717) is 5.92 Å². The van der Waals surface area contributed by atoms with Crippen molar-refractivity contribution in [2.24, 2.45) is 22.9 Å². The van der Waals surface area contributed by atoms with E-state index in [0.717, 1.165) is 5.71 Å². The first-order chi connectivity index (χ1) is 9.45. The summed E-state index contributed by atoms with van der Waals surface area (Å²) < 4.78 is 0. The van der Waals surface area contributed by atoms with Gasteiger partial charge in [0.05, 0.1) is 11.8 Å². The average Bonchev–Trinajstić information content (AvgIpc) is 2.36. The molecule has 2 N–H and O–H groups in total. The van der Waals surface area contributed by atoms with E-state index < -0.39 is 0 Å². The molecule has 0 aliphatic carbocycles. The van der Waals surface area contributed by atoms with Crippen LogP contribution in [0.15, 0.2) is 5.16 Å². The fraction of sp³-hybridized carbons (Fsp3) is 0.882. The quantitative estimate of drug-likeness (QED) is 0.593. The van der Waals surface area contributed by atoms with E-state index in [1.54, 1.807) is 6.92 Å². The molecule has 0 radical (unpaired) electrons. The Labute approximate surface area is 138 Å². The third kappa shape index (κ3) is 31.4. The number of carbonyl (C=O) groups is 1. The van der Waals surface area contributed by atoms with Crippen LogP contribution in [0.4, 0.5) is 0 Å². The summed E-state index contributed by atoms with van der Waals surface area (Å²) in [7, 11) is 0. The van der Waals surface area contributed by atoms with Gasteiger partial charge in [-0.25, -0.2) is 5.90 Å². The summed E-state index contributed by atoms with van der Waals surface area (Å²) >= 11 is 0. The highest BCUT2D eigenvalue weighted by atomic mass is 16.6. The summed E-state index contributed by atoms with van der Waals surface area (Å²) in [6.07, 6.45) is 0.351. The lowest BCUT2D eigenvalue weighted by atomic mass is 10.1. The van der Waals surface area contributed by atoms with Crippen molar-refractivity contribution < 1.29 is 14.5 Å². The van der Waals surface area contributed by atoms with Crippen LogP contribution in [-0.4, -0.2) is 23.7 Å². The van der Waals surface area contributed by atoms with E-state index in [1.807, 2.05) is 48.5 Å². The standard InChI is InChI=1S/C8H17NO.C5H10O.C3H9NO.CH4/c1-6(2)8(5)9-10-7(3)4;1-4(2)5(3)6;1-3(2)5-4;/h6-7H,1-5H3;4H,1-3H3;3H,4H2,1-2H3;1H4. The molecule has 0 heterocycles. The molecule has 0 aromatic carbocycles. The van der Waals surface area contributed by atoms with Crippen LogP contribution in [0.25, 0.3) is 0 Å². The molecule has 22 heavy (non-hydrogen) atoms. The van der Waals surface area contributed by atoms with Crippen molar-refractivity contribution in [3.63, 3.8) is 0 Å². The van der Waals surface area contributed by atoms with Gasteiger partial charge in [0.15, 0.2) is 0 Å². The normalized spacial score (nSPS) is 10.6. The molecule has 0 unspecified atom stereocenters. The number of oxime groups is 1. The number of ketones is 1. The van der Waals surface area contributed by atoms with Crippen LogP contribution in [0, 0.1) is 11.8 Å². The summed E-state index contributed by atoms with van der Waals surface area (Å²) in [5, 5.41) is 3.94. The minimum Gasteiger partial charge on any atom is -0.393 e. The molecule has 0 aromatic rings. The van der Waals surface area contributed by atoms with E-state index in [9.17, 15) is 4.79 Å². The summed E-state index contributed by atoms with van der Waals surface area (Å²) in [5.74, 6) is 5.63. The largest absolute Gasteiger partial charge is 0.393 e. The molecule has 0 saturated heterocycles. The van der Waals surface area contributed by atoms with Gasteiger partial charge in [-0.05, 0) is 47.5 Å². The second kappa shape index (κ2) is 18.1. The third-order valence-corrected chi connectivity index (χ3v) is 2.33. The molecule has 5 heteroatoms. The van der Waals surface area contributed by atoms with Crippen molar-refractivity contribution in [3.8, 4) is 0 Å². The Morgan fingerprint density at radius 3 is 1.32 bits per heavy atom. The second-order valence-corrected chi connectivity index (χ2v) is 5.99. The third-order valence-electron chi connectivity index (χ3n) is 2.33. The number of nitrogens with two attached hydrogens (primary N) is 1. The van der Waals surface area contributed by atoms with Crippen molar-refractivity contribution in [1.82, 2.24) is 0 Å². The van der Waals surface area contributed by atoms with Gasteiger partial charge in [-0.2, -0.15) is 0 Å². The Bertz CT molecular complexity index is 273. The lowest BCUT2D eigenvalue weighted by molar-refractivity contribution is -0.119. The molecule has 0 saturated carbocycles. The van der Waals surface area contributed by atoms with E-state index in [2.05, 4.69) is 29.7 Å². The molecule has 0 rings (SSSR count). The molecule has 0 aromatic heterocycles. The highest BCUT2D eigenvalue weighted by molar-refractivity contribution is 5.83. The summed E-state index contributed by atoms with van der Waals surface area (Å²) in [6, 6.07) is 0. The van der Waals surface area contributed by atoms with Crippen LogP contribution >= 0.6 is 0 Å². The number of Topliss-reactive ketones (excluding diaryl/α,β-unsaturated/α-hetero) is 1. The minimum absolute atomic E-state index is 0. The first-order valence-corrected chi connectivity index (χ1v) is 7.51. The van der Waals surface area contributed by atoms with Gasteiger partial charge in [-0.3, -0.25) is 4.79 Å². The zero-order chi connectivity index (χ0) is 17.6. The van der Waals surface area contributed by atoms with E-state index in [4.69, 9.17) is 4.84 Å². The van der Waals surface area contributed by atoms with Gasteiger partial charge < -0.3 is 9.68 Å². The molecular weight excluding hydrogens is 280 g/mol. The van der Waals surface area contributed by atoms with Gasteiger partial charge >= 0.3 is 0 Å². The van der Waals surface area contributed by atoms with Crippen molar-refractivity contribution in [2.45, 2.75) is 88.9 Å². The van der Waals surface area contributed by atoms with Crippen molar-refractivity contribution in [3.05, 3.63) is 0 Å². The van der Waals surface area contributed by atoms with E-state index in [-0.39, 0.29) is 31.3 Å². The molecule has 0 fully saturated rings. The molecule has 0 aliphatic heterocycles. The Kier molecular flexibility index (Phi) is 24.0. The SMILES string of the molecule is C.CC(=NOC(C)C)C(C)C.CC(=O)C(C)C.CC(C)ON. The monoisotopic (exact) mass is 320 g/mol. The average molecular weight is 321 g/mol. The topological polar surface area (TPSA) is 73.9 Å². The van der Waals surface area contributed by atoms with Gasteiger partial charge in [0, 0.05) is 5.92 Å². The van der Waals surface area contributed by atoms with Gasteiger partial charge in [-0.15, -0.1) is 0 Å². The second-order valence-electron chi connectivity index (χ2n) is 5.99. The minimum atomic E-state index is 0. The van der Waals surface area contributed by atoms with E-state index >= 15 is 0 Å². The Hall–Kier alpha value is -0.940. The van der Waals surface area contributed by atoms with Crippen LogP contribution in [0.1, 0.15) is 76.7 Å². The first-order valence-electron chi connectivity index (χ1n) is 7.51. The summed E-state index contributed by atoms with van der Waals surface area (Å²) in [5.41, 5.74) is 1.05. The zero-order valence-corrected chi connectivity index (χ0v) is 15.6. The van der Waals surface area contributed by atoms with Gasteiger partial charge in [0.1, 0.15) is 11.9 Å². The van der Waals surface area contributed by atoms with Crippen LogP contribution in [-0.2, 0) is 14.5 Å². The van der Waals surface area contributed by atoms with Gasteiger partial charge in [0.2, 0.25) is 0 Å². The maximum Gasteiger partial charge on any atom is 0.132 e. The molecule has 5 nitrogen and oxygen atoms in total. The highest BCUT2D eigenvalue weighted by Crippen LogP contribution is 1.98. The molecule has 136 valence electrons. The lowest BCUT2D eigenvalue weighted by Crippen LogP contribution is -2.07. The predicted octanol–water partition coefficient (Wildman–Crippen LogP) is 4.60. The number of carbonyl (C=O) groups excluding carboxylic acids is 1. The summed E-state index contributed by atoms with van der Waals surface area (Å²) in [4.78, 5) is 19.4. The maximum atomic E-state index is 10.1. The van der Waals surface area contributed by atoms with Gasteiger partial charge in [0.25, 0.3) is 0 Å². The Balaban J connectivity index is -0.000000117. The smallest absolute Gasteiger partial charge is 0.132 e. The van der Waals surface area contributed by atoms with Crippen molar-refractivity contribution >= 4 is 11.5 Å². The predicted molar refractivity (Wildman–Crippen MR) is 96.8 cm³/mol. The molecule has 0 aliphatic rings.